The van der Waals surface area contributed by atoms with Crippen LogP contribution in [0.4, 0.5) is 5.82 Å². The number of rotatable bonds is 4. The number of anilines is 1. The van der Waals surface area contributed by atoms with E-state index >= 15 is 0 Å². The average molecular weight is 427 g/mol. The van der Waals surface area contributed by atoms with Gasteiger partial charge in [-0.3, -0.25) is 9.79 Å². The lowest BCUT2D eigenvalue weighted by Crippen LogP contribution is -2.38. The molecule has 0 aliphatic carbocycles. The topological polar surface area (TPSA) is 82.9 Å². The second-order valence-corrected chi connectivity index (χ2v) is 9.85. The largest absolute Gasteiger partial charge is 0.356 e. The molecule has 0 bridgehead atoms. The van der Waals surface area contributed by atoms with Crippen LogP contribution < -0.4 is 4.90 Å². The highest BCUT2D eigenvalue weighted by molar-refractivity contribution is 7.91. The van der Waals surface area contributed by atoms with Gasteiger partial charge in [0, 0.05) is 25.3 Å². The summed E-state index contributed by atoms with van der Waals surface area (Å²) in [6, 6.07) is 14.2. The number of carbonyl (C=O) groups excluding carboxylic acids is 1. The van der Waals surface area contributed by atoms with Gasteiger partial charge in [0.05, 0.1) is 6.04 Å². The number of piperidine rings is 1. The van der Waals surface area contributed by atoms with E-state index in [2.05, 4.69) is 9.88 Å². The van der Waals surface area contributed by atoms with Crippen LogP contribution in [0.5, 0.6) is 0 Å². The van der Waals surface area contributed by atoms with Gasteiger partial charge in [0.15, 0.2) is 5.25 Å². The summed E-state index contributed by atoms with van der Waals surface area (Å²) in [6.07, 6.45) is 3.27. The molecule has 0 saturated carbocycles. The number of carbonyl (C=O) groups is 1. The maximum atomic E-state index is 13.2. The fraction of sp³-hybridized carbons (Fsp3) is 0.409. The minimum absolute atomic E-state index is 0.0857. The van der Waals surface area contributed by atoms with Gasteiger partial charge in [0.1, 0.15) is 11.5 Å². The van der Waals surface area contributed by atoms with Gasteiger partial charge >= 0.3 is 0 Å². The first-order valence-corrected chi connectivity index (χ1v) is 11.8. The summed E-state index contributed by atoms with van der Waals surface area (Å²) >= 11 is 0. The van der Waals surface area contributed by atoms with Crippen molar-refractivity contribution in [3.63, 3.8) is 0 Å². The molecule has 2 saturated heterocycles. The van der Waals surface area contributed by atoms with E-state index in [1.54, 1.807) is 44.3 Å². The zero-order chi connectivity index (χ0) is 21.3. The molecule has 158 valence electrons. The van der Waals surface area contributed by atoms with Crippen molar-refractivity contribution in [2.45, 2.75) is 44.0 Å². The molecule has 7 nitrogen and oxygen atoms in total. The molecule has 1 aromatic heterocycles. The van der Waals surface area contributed by atoms with Crippen molar-refractivity contribution in [1.29, 1.82) is 0 Å². The molecule has 30 heavy (non-hydrogen) atoms. The van der Waals surface area contributed by atoms with E-state index in [1.165, 1.54) is 0 Å². The zero-order valence-corrected chi connectivity index (χ0v) is 18.0. The van der Waals surface area contributed by atoms with Crippen LogP contribution in [0.25, 0.3) is 0 Å². The van der Waals surface area contributed by atoms with Crippen molar-refractivity contribution < 1.29 is 13.2 Å². The third-order valence-electron chi connectivity index (χ3n) is 5.57. The summed E-state index contributed by atoms with van der Waals surface area (Å²) in [5, 5.41) is -1.04. The number of aromatic nitrogens is 1. The minimum atomic E-state index is -3.85. The minimum Gasteiger partial charge on any atom is -0.356 e. The predicted octanol–water partition coefficient (Wildman–Crippen LogP) is 2.81. The molecular formula is C22H26N4O3S. The normalized spacial score (nSPS) is 23.5. The molecule has 2 aliphatic heterocycles. The van der Waals surface area contributed by atoms with Gasteiger partial charge < -0.3 is 4.90 Å². The molecule has 1 aromatic carbocycles. The maximum absolute atomic E-state index is 13.2. The van der Waals surface area contributed by atoms with E-state index in [-0.39, 0.29) is 11.8 Å². The van der Waals surface area contributed by atoms with Crippen LogP contribution in [0.2, 0.25) is 0 Å². The third-order valence-corrected chi connectivity index (χ3v) is 7.80. The van der Waals surface area contributed by atoms with Gasteiger partial charge in [-0.2, -0.15) is 0 Å². The molecule has 3 heterocycles. The van der Waals surface area contributed by atoms with Crippen molar-refractivity contribution >= 4 is 27.5 Å². The molecule has 0 spiro atoms. The molecule has 2 aromatic rings. The monoisotopic (exact) mass is 426 g/mol. The summed E-state index contributed by atoms with van der Waals surface area (Å²) in [7, 11) is -3.85. The van der Waals surface area contributed by atoms with Gasteiger partial charge in [0.2, 0.25) is 0 Å². The summed E-state index contributed by atoms with van der Waals surface area (Å²) in [5.41, 5.74) is 0.727. The first-order chi connectivity index (χ1) is 14.4. The van der Waals surface area contributed by atoms with Gasteiger partial charge in [-0.05, 0) is 44.4 Å². The summed E-state index contributed by atoms with van der Waals surface area (Å²) in [5.74, 6) is 0.433. The lowest BCUT2D eigenvalue weighted by Gasteiger charge is -2.31. The second-order valence-electron chi connectivity index (χ2n) is 7.95. The number of nitrogens with zero attached hydrogens (tertiary/aromatic N) is 4. The first kappa shape index (κ1) is 20.5. The number of sulfonamides is 1. The standard InChI is InChI=1S/C22H26N4O3S/c1-16(2)26-22(27)20(21(30(26,28)29)17-8-4-3-5-9-17)24-18-11-14-25(15-12-18)19-10-6-7-13-23-19/h3-10,13,16,18,21H,11-12,14-15H2,1-2H3. The number of aliphatic imine (C=N–C) groups is 1. The van der Waals surface area contributed by atoms with Crippen LogP contribution in [0.3, 0.4) is 0 Å². The van der Waals surface area contributed by atoms with E-state index in [9.17, 15) is 13.2 Å². The maximum Gasteiger partial charge on any atom is 0.283 e. The fourth-order valence-corrected chi connectivity index (χ4v) is 6.25. The van der Waals surface area contributed by atoms with Gasteiger partial charge in [-0.1, -0.05) is 36.4 Å². The smallest absolute Gasteiger partial charge is 0.283 e. The molecule has 0 radical (unpaired) electrons. The first-order valence-electron chi connectivity index (χ1n) is 10.3. The fourth-order valence-electron chi connectivity index (χ4n) is 4.17. The van der Waals surface area contributed by atoms with E-state index < -0.39 is 27.2 Å². The Labute approximate surface area is 177 Å². The highest BCUT2D eigenvalue weighted by Crippen LogP contribution is 2.36. The van der Waals surface area contributed by atoms with E-state index in [4.69, 9.17) is 4.99 Å². The van der Waals surface area contributed by atoms with Gasteiger partial charge in [-0.25, -0.2) is 17.7 Å². The number of pyridine rings is 1. The number of hydrogen-bond acceptors (Lipinski definition) is 6. The Bertz CT molecular complexity index is 1030. The van der Waals surface area contributed by atoms with Crippen molar-refractivity contribution in [2.75, 3.05) is 18.0 Å². The highest BCUT2D eigenvalue weighted by Gasteiger charge is 2.52. The van der Waals surface area contributed by atoms with Crippen molar-refractivity contribution in [3.05, 3.63) is 60.3 Å². The van der Waals surface area contributed by atoms with Crippen molar-refractivity contribution in [1.82, 2.24) is 9.29 Å². The van der Waals surface area contributed by atoms with E-state index in [0.717, 1.165) is 36.1 Å². The molecule has 0 N–H and O–H groups in total. The third kappa shape index (κ3) is 3.71. The highest BCUT2D eigenvalue weighted by atomic mass is 32.2. The quantitative estimate of drug-likeness (QED) is 0.751. The Balaban J connectivity index is 1.62. The van der Waals surface area contributed by atoms with Crippen LogP contribution in [-0.4, -0.2) is 54.5 Å². The van der Waals surface area contributed by atoms with Crippen LogP contribution in [0.15, 0.2) is 59.7 Å². The van der Waals surface area contributed by atoms with Gasteiger partial charge in [-0.15, -0.1) is 0 Å². The number of hydrogen-bond donors (Lipinski definition) is 0. The Kier molecular flexibility index (Phi) is 5.60. The SMILES string of the molecule is CC(C)N1C(=O)C(=NC2CCN(c3ccccn3)CC2)C(c2ccccc2)S1(=O)=O. The molecule has 1 amide bonds. The second kappa shape index (κ2) is 8.18. The Hall–Kier alpha value is -2.74. The van der Waals surface area contributed by atoms with Crippen molar-refractivity contribution in [3.8, 4) is 0 Å². The molecular weight excluding hydrogens is 400 g/mol. The lowest BCUT2D eigenvalue weighted by molar-refractivity contribution is -0.120. The number of benzene rings is 1. The summed E-state index contributed by atoms with van der Waals surface area (Å²) in [6.45, 7) is 4.96. The Morgan fingerprint density at radius 3 is 2.30 bits per heavy atom. The van der Waals surface area contributed by atoms with E-state index in [0.29, 0.717) is 5.56 Å². The average Bonchev–Trinajstić information content (AvgIpc) is 2.94. The van der Waals surface area contributed by atoms with Crippen LogP contribution in [-0.2, 0) is 14.8 Å². The van der Waals surface area contributed by atoms with Crippen molar-refractivity contribution in [2.24, 2.45) is 4.99 Å². The molecule has 2 aliphatic rings. The van der Waals surface area contributed by atoms with Gasteiger partial charge in [0.25, 0.3) is 15.9 Å². The summed E-state index contributed by atoms with van der Waals surface area (Å²) < 4.78 is 27.5. The lowest BCUT2D eigenvalue weighted by atomic mass is 10.0. The van der Waals surface area contributed by atoms with Crippen LogP contribution >= 0.6 is 0 Å². The molecule has 2 fully saturated rings. The summed E-state index contributed by atoms with van der Waals surface area (Å²) in [4.78, 5) is 24.4. The van der Waals surface area contributed by atoms with Crippen LogP contribution in [0, 0.1) is 0 Å². The number of amides is 1. The Morgan fingerprint density at radius 2 is 1.70 bits per heavy atom. The molecule has 1 unspecified atom stereocenters. The molecule has 8 heteroatoms. The van der Waals surface area contributed by atoms with E-state index in [1.807, 2.05) is 24.3 Å². The predicted molar refractivity (Wildman–Crippen MR) is 117 cm³/mol. The zero-order valence-electron chi connectivity index (χ0n) is 17.2. The van der Waals surface area contributed by atoms with Crippen LogP contribution in [0.1, 0.15) is 37.5 Å². The molecule has 4 rings (SSSR count). The molecule has 1 atom stereocenters. The Morgan fingerprint density at radius 1 is 1.03 bits per heavy atom.